The average molecular weight is 564 g/mol. The number of benzene rings is 1. The number of hydrogen-bond acceptors (Lipinski definition) is 5. The molecule has 3 spiro atoms. The van der Waals surface area contributed by atoms with E-state index in [4.69, 9.17) is 4.74 Å². The zero-order valence-corrected chi connectivity index (χ0v) is 22.1. The lowest BCUT2D eigenvalue weighted by Gasteiger charge is -2.53. The number of halogens is 1. The van der Waals surface area contributed by atoms with E-state index in [0.29, 0.717) is 37.2 Å². The molecule has 1 aromatic heterocycles. The van der Waals surface area contributed by atoms with Gasteiger partial charge in [-0.15, -0.1) is 11.3 Å². The van der Waals surface area contributed by atoms with Gasteiger partial charge in [0.15, 0.2) is 0 Å². The molecule has 1 amide bonds. The molecule has 9 heteroatoms. The predicted molar refractivity (Wildman–Crippen MR) is 134 cm³/mol. The zero-order chi connectivity index (χ0) is 23.3. The van der Waals surface area contributed by atoms with E-state index in [1.807, 2.05) is 17.0 Å². The van der Waals surface area contributed by atoms with Gasteiger partial charge in [0.2, 0.25) is 0 Å². The molecule has 2 saturated heterocycles. The molecular weight excluding hydrogens is 536 g/mol. The highest BCUT2D eigenvalue weighted by molar-refractivity contribution is 9.10. The quantitative estimate of drug-likeness (QED) is 0.532. The van der Waals surface area contributed by atoms with Crippen molar-refractivity contribution in [1.82, 2.24) is 4.31 Å². The number of amides is 1. The second-order valence-electron chi connectivity index (χ2n) is 11.0. The van der Waals surface area contributed by atoms with Crippen LogP contribution in [-0.4, -0.2) is 50.5 Å². The highest BCUT2D eigenvalue weighted by Crippen LogP contribution is 2.62. The third kappa shape index (κ3) is 3.16. The van der Waals surface area contributed by atoms with E-state index in [1.54, 1.807) is 11.4 Å². The van der Waals surface area contributed by atoms with Crippen molar-refractivity contribution in [2.75, 3.05) is 31.1 Å². The Kier molecular flexibility index (Phi) is 4.63. The molecule has 2 aliphatic carbocycles. The van der Waals surface area contributed by atoms with E-state index < -0.39 is 10.0 Å². The highest BCUT2D eigenvalue weighted by Gasteiger charge is 2.55. The summed E-state index contributed by atoms with van der Waals surface area (Å²) in [6.07, 6.45) is 8.33. The van der Waals surface area contributed by atoms with E-state index in [0.717, 1.165) is 40.8 Å². The fourth-order valence-electron chi connectivity index (χ4n) is 6.44. The number of fused-ring (bicyclic) bond motifs is 2. The Labute approximate surface area is 212 Å². The first kappa shape index (κ1) is 22.0. The maximum Gasteiger partial charge on any atom is 0.259 e. The minimum Gasteiger partial charge on any atom is -0.372 e. The standard InChI is InChI=1S/C25H27BrN2O4S2/c26-18-1-2-20-19(12-18)24(7-5-23(3-4-23)6-8-24)14-28(20)22(29)17-11-21(33-13-17)34(30,31)27-15-25(16-27)9-10-32-25/h1-2,11-13H,3-10,14-16H2. The highest BCUT2D eigenvalue weighted by atomic mass is 79.9. The minimum atomic E-state index is -3.59. The summed E-state index contributed by atoms with van der Waals surface area (Å²) in [5.74, 6) is -0.104. The van der Waals surface area contributed by atoms with Crippen LogP contribution < -0.4 is 4.90 Å². The summed E-state index contributed by atoms with van der Waals surface area (Å²) >= 11 is 4.78. The molecule has 4 heterocycles. The van der Waals surface area contributed by atoms with Gasteiger partial charge in [-0.3, -0.25) is 4.79 Å². The smallest absolute Gasteiger partial charge is 0.259 e. The molecule has 6 nitrogen and oxygen atoms in total. The number of anilines is 1. The molecule has 34 heavy (non-hydrogen) atoms. The van der Waals surface area contributed by atoms with Gasteiger partial charge in [0, 0.05) is 47.0 Å². The fourth-order valence-corrected chi connectivity index (χ4v) is 9.70. The molecule has 180 valence electrons. The maximum atomic E-state index is 13.7. The molecule has 7 rings (SSSR count). The first-order valence-corrected chi connectivity index (χ1v) is 15.2. The van der Waals surface area contributed by atoms with Crippen LogP contribution in [0.4, 0.5) is 5.69 Å². The number of nitrogens with zero attached hydrogens (tertiary/aromatic N) is 2. The molecule has 0 radical (unpaired) electrons. The van der Waals surface area contributed by atoms with Gasteiger partial charge in [0.05, 0.1) is 17.8 Å². The van der Waals surface area contributed by atoms with Gasteiger partial charge in [-0.25, -0.2) is 8.42 Å². The fraction of sp³-hybridized carbons (Fsp3) is 0.560. The van der Waals surface area contributed by atoms with E-state index in [9.17, 15) is 13.2 Å². The van der Waals surface area contributed by atoms with Crippen LogP contribution in [0.25, 0.3) is 0 Å². The van der Waals surface area contributed by atoms with Gasteiger partial charge >= 0.3 is 0 Å². The second kappa shape index (κ2) is 7.16. The summed E-state index contributed by atoms with van der Waals surface area (Å²) in [5, 5.41) is 1.70. The number of hydrogen-bond donors (Lipinski definition) is 0. The van der Waals surface area contributed by atoms with Crippen molar-refractivity contribution in [2.45, 2.75) is 60.2 Å². The maximum absolute atomic E-state index is 13.7. The first-order valence-electron chi connectivity index (χ1n) is 12.1. The molecule has 4 fully saturated rings. The number of sulfonamides is 1. The van der Waals surface area contributed by atoms with Crippen LogP contribution in [0.15, 0.2) is 38.3 Å². The van der Waals surface area contributed by atoms with Crippen molar-refractivity contribution in [3.63, 3.8) is 0 Å². The van der Waals surface area contributed by atoms with Crippen LogP contribution in [0.2, 0.25) is 0 Å². The Morgan fingerprint density at radius 3 is 2.35 bits per heavy atom. The zero-order valence-electron chi connectivity index (χ0n) is 18.9. The topological polar surface area (TPSA) is 66.9 Å². The Bertz CT molecular complexity index is 1290. The van der Waals surface area contributed by atoms with Crippen molar-refractivity contribution in [3.05, 3.63) is 45.2 Å². The Morgan fingerprint density at radius 1 is 1.00 bits per heavy atom. The number of thiophene rings is 1. The Balaban J connectivity index is 1.15. The predicted octanol–water partition coefficient (Wildman–Crippen LogP) is 4.93. The van der Waals surface area contributed by atoms with Crippen molar-refractivity contribution in [3.8, 4) is 0 Å². The van der Waals surface area contributed by atoms with Crippen LogP contribution in [0.1, 0.15) is 60.9 Å². The van der Waals surface area contributed by atoms with Gasteiger partial charge in [-0.1, -0.05) is 15.9 Å². The number of carbonyl (C=O) groups is 1. The molecule has 0 unspecified atom stereocenters. The summed E-state index contributed by atoms with van der Waals surface area (Å²) in [6, 6.07) is 7.79. The summed E-state index contributed by atoms with van der Waals surface area (Å²) < 4.78 is 34.5. The van der Waals surface area contributed by atoms with Crippen molar-refractivity contribution >= 4 is 48.9 Å². The molecule has 1 aromatic carbocycles. The largest absolute Gasteiger partial charge is 0.372 e. The summed E-state index contributed by atoms with van der Waals surface area (Å²) in [6.45, 7) is 2.21. The number of carbonyl (C=O) groups excluding carboxylic acids is 1. The van der Waals surface area contributed by atoms with Crippen molar-refractivity contribution < 1.29 is 17.9 Å². The molecule has 0 N–H and O–H groups in total. The van der Waals surface area contributed by atoms with E-state index in [1.165, 1.54) is 35.6 Å². The third-order valence-electron chi connectivity index (χ3n) is 9.06. The monoisotopic (exact) mass is 562 g/mol. The first-order chi connectivity index (χ1) is 16.2. The molecule has 5 aliphatic rings. The van der Waals surface area contributed by atoms with Crippen LogP contribution in [-0.2, 0) is 20.2 Å². The average Bonchev–Trinajstić information content (AvgIpc) is 3.20. The Hall–Kier alpha value is -1.26. The van der Waals surface area contributed by atoms with Crippen LogP contribution in [0, 0.1) is 5.41 Å². The van der Waals surface area contributed by atoms with Crippen LogP contribution in [0.5, 0.6) is 0 Å². The lowest BCUT2D eigenvalue weighted by Crippen LogP contribution is -2.69. The number of rotatable bonds is 3. The number of ether oxygens (including phenoxy) is 1. The summed E-state index contributed by atoms with van der Waals surface area (Å²) in [5.41, 5.74) is 3.01. The lowest BCUT2D eigenvalue weighted by molar-refractivity contribution is -0.200. The normalized spacial score (nSPS) is 25.9. The van der Waals surface area contributed by atoms with E-state index >= 15 is 0 Å². The van der Waals surface area contributed by atoms with Gasteiger partial charge in [-0.05, 0) is 73.8 Å². The lowest BCUT2D eigenvalue weighted by atomic mass is 9.66. The molecule has 2 aromatic rings. The summed E-state index contributed by atoms with van der Waals surface area (Å²) in [7, 11) is -3.59. The molecular formula is C25H27BrN2O4S2. The van der Waals surface area contributed by atoms with Crippen LogP contribution in [0.3, 0.4) is 0 Å². The van der Waals surface area contributed by atoms with Gasteiger partial charge in [-0.2, -0.15) is 4.31 Å². The molecule has 0 atom stereocenters. The second-order valence-corrected chi connectivity index (χ2v) is 15.0. The SMILES string of the molecule is O=C(c1csc(S(=O)(=O)N2CC3(CCO3)C2)c1)N1CC2(CCC3(CC3)CC2)c2cc(Br)ccc21. The van der Waals surface area contributed by atoms with Gasteiger partial charge in [0.1, 0.15) is 4.21 Å². The minimum absolute atomic E-state index is 0.00225. The molecule has 2 saturated carbocycles. The van der Waals surface area contributed by atoms with E-state index in [2.05, 4.69) is 22.0 Å². The summed E-state index contributed by atoms with van der Waals surface area (Å²) in [4.78, 5) is 15.6. The van der Waals surface area contributed by atoms with E-state index in [-0.39, 0.29) is 21.1 Å². The molecule has 3 aliphatic heterocycles. The Morgan fingerprint density at radius 2 is 1.71 bits per heavy atom. The van der Waals surface area contributed by atoms with Gasteiger partial charge < -0.3 is 9.64 Å². The van der Waals surface area contributed by atoms with Crippen LogP contribution >= 0.6 is 27.3 Å². The molecule has 0 bridgehead atoms. The van der Waals surface area contributed by atoms with Crippen molar-refractivity contribution in [1.29, 1.82) is 0 Å². The third-order valence-corrected chi connectivity index (χ3v) is 12.8. The van der Waals surface area contributed by atoms with Gasteiger partial charge in [0.25, 0.3) is 15.9 Å². The van der Waals surface area contributed by atoms with Crippen molar-refractivity contribution in [2.24, 2.45) is 5.41 Å².